The van der Waals surface area contributed by atoms with E-state index in [1.807, 2.05) is 42.5 Å². The quantitative estimate of drug-likeness (QED) is 0.345. The third-order valence-corrected chi connectivity index (χ3v) is 11.4. The van der Waals surface area contributed by atoms with Gasteiger partial charge in [0, 0.05) is 0 Å². The second-order valence-electron chi connectivity index (χ2n) is 8.43. The Labute approximate surface area is 216 Å². The van der Waals surface area contributed by atoms with E-state index in [0.29, 0.717) is 5.69 Å². The van der Waals surface area contributed by atoms with Crippen LogP contribution in [0.25, 0.3) is 0 Å². The molecule has 2 heterocycles. The van der Waals surface area contributed by atoms with Crippen molar-refractivity contribution in [1.29, 1.82) is 0 Å². The number of anilines is 1. The zero-order chi connectivity index (χ0) is 25.5. The van der Waals surface area contributed by atoms with Crippen LogP contribution in [0.15, 0.2) is 89.8 Å². The SMILES string of the molecule is COC(=O)[C@@H]1C[C@]2([Se]c3ccccc3)c3ccccc3N(S(=O)(=O)c3ccccc3)[C@@H]2N1C(=O)OC. The molecule has 1 amide bonds. The fourth-order valence-electron chi connectivity index (χ4n) is 5.07. The standard InChI is InChI=1S/C26H24N2O6SSe/c1-33-23(29)22-17-26(36-19-13-7-4-8-14-19)20-15-9-10-16-21(20)28(24(26)27(22)25(30)34-2)35(31,32)18-11-5-3-6-12-18/h3-16,22,24H,17H2,1-2H3/t22-,24-,26-/m0/s1. The number of fused-ring (bicyclic) bond motifs is 3. The molecule has 0 unspecified atom stereocenters. The van der Waals surface area contributed by atoms with Gasteiger partial charge in [0.05, 0.1) is 0 Å². The molecule has 8 nitrogen and oxygen atoms in total. The molecule has 186 valence electrons. The molecule has 0 aliphatic carbocycles. The van der Waals surface area contributed by atoms with E-state index < -0.39 is 38.6 Å². The zero-order valence-corrected chi connectivity index (χ0v) is 22.1. The van der Waals surface area contributed by atoms with E-state index in [1.165, 1.54) is 35.6 Å². The van der Waals surface area contributed by atoms with Crippen molar-refractivity contribution in [3.63, 3.8) is 0 Å². The molecule has 0 saturated carbocycles. The second-order valence-corrected chi connectivity index (χ2v) is 13.2. The first-order valence-corrected chi connectivity index (χ1v) is 14.4. The third kappa shape index (κ3) is 3.68. The Morgan fingerprint density at radius 1 is 0.889 bits per heavy atom. The van der Waals surface area contributed by atoms with Crippen LogP contribution in [0.1, 0.15) is 12.0 Å². The summed E-state index contributed by atoms with van der Waals surface area (Å²) in [6, 6.07) is 24.1. The van der Waals surface area contributed by atoms with Crippen molar-refractivity contribution in [3.8, 4) is 0 Å². The number of hydrogen-bond acceptors (Lipinski definition) is 6. The summed E-state index contributed by atoms with van der Waals surface area (Å²) >= 11 is -0.370. The third-order valence-electron chi connectivity index (χ3n) is 6.53. The van der Waals surface area contributed by atoms with Crippen molar-refractivity contribution in [2.75, 3.05) is 18.5 Å². The summed E-state index contributed by atoms with van der Waals surface area (Å²) in [5, 5.41) is 0. The Morgan fingerprint density at radius 3 is 2.14 bits per heavy atom. The van der Waals surface area contributed by atoms with Gasteiger partial charge >= 0.3 is 216 Å². The van der Waals surface area contributed by atoms with E-state index in [1.54, 1.807) is 30.3 Å². The summed E-state index contributed by atoms with van der Waals surface area (Å²) < 4.78 is 40.0. The van der Waals surface area contributed by atoms with Gasteiger partial charge in [0.15, 0.2) is 0 Å². The summed E-state index contributed by atoms with van der Waals surface area (Å²) in [4.78, 5) is 27.5. The number of carbonyl (C=O) groups is 2. The maximum absolute atomic E-state index is 14.2. The van der Waals surface area contributed by atoms with E-state index in [0.717, 1.165) is 10.0 Å². The summed E-state index contributed by atoms with van der Waals surface area (Å²) in [6.07, 6.45) is -1.61. The van der Waals surface area contributed by atoms with E-state index in [4.69, 9.17) is 9.47 Å². The number of ether oxygens (including phenoxy) is 2. The number of hydrogen-bond donors (Lipinski definition) is 0. The Balaban J connectivity index is 1.79. The van der Waals surface area contributed by atoms with Gasteiger partial charge in [-0.2, -0.15) is 0 Å². The fourth-order valence-corrected chi connectivity index (χ4v) is 10.2. The summed E-state index contributed by atoms with van der Waals surface area (Å²) in [5.41, 5.74) is 1.26. The van der Waals surface area contributed by atoms with Gasteiger partial charge in [-0.15, -0.1) is 0 Å². The van der Waals surface area contributed by atoms with Crippen molar-refractivity contribution < 1.29 is 27.5 Å². The van der Waals surface area contributed by atoms with Crippen molar-refractivity contribution >= 4 is 47.2 Å². The van der Waals surface area contributed by atoms with E-state index >= 15 is 0 Å². The van der Waals surface area contributed by atoms with Gasteiger partial charge in [-0.25, -0.2) is 0 Å². The number of likely N-dealkylation sites (tertiary alicyclic amines) is 1. The molecule has 1 fully saturated rings. The molecule has 0 aromatic heterocycles. The molecule has 5 rings (SSSR count). The number of esters is 1. The molecule has 2 aliphatic heterocycles. The van der Waals surface area contributed by atoms with Crippen LogP contribution in [0.3, 0.4) is 0 Å². The van der Waals surface area contributed by atoms with Crippen LogP contribution in [-0.4, -0.2) is 66.8 Å². The number of rotatable bonds is 5. The number of sulfonamides is 1. The van der Waals surface area contributed by atoms with Crippen LogP contribution in [0.5, 0.6) is 0 Å². The first-order valence-electron chi connectivity index (χ1n) is 11.2. The molecule has 3 aromatic carbocycles. The average molecular weight is 572 g/mol. The van der Waals surface area contributed by atoms with Gasteiger partial charge in [0.25, 0.3) is 0 Å². The molecule has 0 spiro atoms. The van der Waals surface area contributed by atoms with Crippen molar-refractivity contribution in [2.45, 2.75) is 27.8 Å². The Morgan fingerprint density at radius 2 is 1.50 bits per heavy atom. The Bertz CT molecular complexity index is 1400. The van der Waals surface area contributed by atoms with Crippen LogP contribution in [0, 0.1) is 0 Å². The molecule has 2 aliphatic rings. The Kier molecular flexibility index (Phi) is 6.28. The molecule has 10 heteroatoms. The monoisotopic (exact) mass is 572 g/mol. The fraction of sp³-hybridized carbons (Fsp3) is 0.231. The van der Waals surface area contributed by atoms with Crippen LogP contribution in [0.2, 0.25) is 0 Å². The van der Waals surface area contributed by atoms with Crippen molar-refractivity contribution in [2.24, 2.45) is 0 Å². The van der Waals surface area contributed by atoms with E-state index in [2.05, 4.69) is 0 Å². The molecule has 0 N–H and O–H groups in total. The number of nitrogens with zero attached hydrogens (tertiary/aromatic N) is 2. The normalized spacial score (nSPS) is 22.6. The number of carbonyl (C=O) groups excluding carboxylic acids is 2. The molecule has 3 atom stereocenters. The predicted octanol–water partition coefficient (Wildman–Crippen LogP) is 2.46. The van der Waals surface area contributed by atoms with Crippen molar-refractivity contribution in [3.05, 3.63) is 90.5 Å². The van der Waals surface area contributed by atoms with Crippen LogP contribution < -0.4 is 8.77 Å². The molecule has 0 radical (unpaired) electrons. The van der Waals surface area contributed by atoms with Crippen LogP contribution >= 0.6 is 0 Å². The van der Waals surface area contributed by atoms with Gasteiger partial charge in [-0.05, 0) is 0 Å². The maximum atomic E-state index is 14.2. The molecular formula is C26H24N2O6SSe. The predicted molar refractivity (Wildman–Crippen MR) is 135 cm³/mol. The molecule has 1 saturated heterocycles. The minimum absolute atomic E-state index is 0.0918. The number of methoxy groups -OCH3 is 2. The van der Waals surface area contributed by atoms with E-state index in [-0.39, 0.29) is 26.3 Å². The second kappa shape index (κ2) is 9.28. The van der Waals surface area contributed by atoms with E-state index in [9.17, 15) is 18.0 Å². The van der Waals surface area contributed by atoms with Gasteiger partial charge in [-0.3, -0.25) is 0 Å². The molecule has 3 aromatic rings. The van der Waals surface area contributed by atoms with Gasteiger partial charge < -0.3 is 0 Å². The topological polar surface area (TPSA) is 93.2 Å². The summed E-state index contributed by atoms with van der Waals surface area (Å²) in [7, 11) is -1.65. The Hall–Kier alpha value is -3.33. The number of amides is 1. The van der Waals surface area contributed by atoms with Crippen LogP contribution in [-0.2, 0) is 28.6 Å². The van der Waals surface area contributed by atoms with Crippen molar-refractivity contribution in [1.82, 2.24) is 4.90 Å². The molecule has 0 bridgehead atoms. The van der Waals surface area contributed by atoms with Gasteiger partial charge in [0.1, 0.15) is 0 Å². The zero-order valence-electron chi connectivity index (χ0n) is 19.6. The summed E-state index contributed by atoms with van der Waals surface area (Å²) in [6.45, 7) is 0. The minimum atomic E-state index is -4.13. The first kappa shape index (κ1) is 24.4. The van der Waals surface area contributed by atoms with Gasteiger partial charge in [-0.1, -0.05) is 0 Å². The molecule has 36 heavy (non-hydrogen) atoms. The average Bonchev–Trinajstić information content (AvgIpc) is 3.38. The van der Waals surface area contributed by atoms with Gasteiger partial charge in [0.2, 0.25) is 0 Å². The summed E-state index contributed by atoms with van der Waals surface area (Å²) in [5.74, 6) is -0.618. The van der Waals surface area contributed by atoms with Crippen LogP contribution in [0.4, 0.5) is 10.5 Å². The molecular weight excluding hydrogens is 547 g/mol. The number of para-hydroxylation sites is 1. The number of benzene rings is 3. The first-order chi connectivity index (χ1) is 17.3.